The van der Waals surface area contributed by atoms with Gasteiger partial charge in [0.2, 0.25) is 0 Å². The van der Waals surface area contributed by atoms with Gasteiger partial charge in [-0.2, -0.15) is 0 Å². The Kier molecular flexibility index (Phi) is 4.12. The van der Waals surface area contributed by atoms with E-state index in [1.807, 2.05) is 6.08 Å². The SMILES string of the molecule is CCCCC1=CC(=O)CCC1C(C)(C)C. The lowest BCUT2D eigenvalue weighted by atomic mass is 9.70. The van der Waals surface area contributed by atoms with Gasteiger partial charge in [-0.15, -0.1) is 0 Å². The molecule has 1 heteroatoms. The molecule has 1 aliphatic rings. The molecule has 0 radical (unpaired) electrons. The Morgan fingerprint density at radius 1 is 1.40 bits per heavy atom. The highest BCUT2D eigenvalue weighted by atomic mass is 16.1. The lowest BCUT2D eigenvalue weighted by molar-refractivity contribution is -0.115. The molecule has 1 unspecified atom stereocenters. The van der Waals surface area contributed by atoms with Gasteiger partial charge in [-0.25, -0.2) is 0 Å². The molecule has 0 N–H and O–H groups in total. The summed E-state index contributed by atoms with van der Waals surface area (Å²) in [5, 5.41) is 0. The molecule has 1 nitrogen and oxygen atoms in total. The predicted molar refractivity (Wildman–Crippen MR) is 64.8 cm³/mol. The maximum Gasteiger partial charge on any atom is 0.155 e. The molecular weight excluding hydrogens is 184 g/mol. The van der Waals surface area contributed by atoms with Crippen molar-refractivity contribution in [1.29, 1.82) is 0 Å². The van der Waals surface area contributed by atoms with Gasteiger partial charge in [0.1, 0.15) is 0 Å². The van der Waals surface area contributed by atoms with Crippen LogP contribution < -0.4 is 0 Å². The van der Waals surface area contributed by atoms with Crippen molar-refractivity contribution in [3.05, 3.63) is 11.6 Å². The lowest BCUT2D eigenvalue weighted by Gasteiger charge is -2.35. The summed E-state index contributed by atoms with van der Waals surface area (Å²) in [6.45, 7) is 9.06. The van der Waals surface area contributed by atoms with E-state index in [4.69, 9.17) is 0 Å². The fraction of sp³-hybridized carbons (Fsp3) is 0.786. The van der Waals surface area contributed by atoms with Crippen molar-refractivity contribution in [1.82, 2.24) is 0 Å². The van der Waals surface area contributed by atoms with E-state index in [1.54, 1.807) is 0 Å². The second-order valence-corrected chi connectivity index (χ2v) is 5.75. The predicted octanol–water partition coefficient (Wildman–Crippen LogP) is 4.13. The zero-order valence-electron chi connectivity index (χ0n) is 10.6. The third-order valence-electron chi connectivity index (χ3n) is 3.34. The van der Waals surface area contributed by atoms with Gasteiger partial charge in [-0.3, -0.25) is 4.79 Å². The average Bonchev–Trinajstić information content (AvgIpc) is 2.12. The van der Waals surface area contributed by atoms with Crippen LogP contribution in [0.2, 0.25) is 0 Å². The molecule has 0 aromatic heterocycles. The number of carbonyl (C=O) groups excluding carboxylic acids is 1. The van der Waals surface area contributed by atoms with Gasteiger partial charge in [-0.1, -0.05) is 39.7 Å². The first kappa shape index (κ1) is 12.5. The first-order valence-electron chi connectivity index (χ1n) is 6.18. The average molecular weight is 208 g/mol. The van der Waals surface area contributed by atoms with Crippen molar-refractivity contribution in [2.75, 3.05) is 0 Å². The minimum absolute atomic E-state index is 0.306. The maximum atomic E-state index is 11.4. The highest BCUT2D eigenvalue weighted by Gasteiger charge is 2.30. The van der Waals surface area contributed by atoms with Gasteiger partial charge in [0.05, 0.1) is 0 Å². The normalized spacial score (nSPS) is 22.8. The van der Waals surface area contributed by atoms with Crippen LogP contribution in [0.3, 0.4) is 0 Å². The number of unbranched alkanes of at least 4 members (excludes halogenated alkanes) is 1. The molecule has 1 aliphatic carbocycles. The van der Waals surface area contributed by atoms with Crippen molar-refractivity contribution in [3.8, 4) is 0 Å². The Bertz CT molecular complexity index is 255. The molecule has 0 heterocycles. The molecule has 0 amide bonds. The van der Waals surface area contributed by atoms with Crippen molar-refractivity contribution < 1.29 is 4.79 Å². The molecule has 0 spiro atoms. The number of hydrogen-bond donors (Lipinski definition) is 0. The molecule has 1 rings (SSSR count). The van der Waals surface area contributed by atoms with Crippen LogP contribution >= 0.6 is 0 Å². The topological polar surface area (TPSA) is 17.1 Å². The van der Waals surface area contributed by atoms with E-state index in [-0.39, 0.29) is 0 Å². The first-order valence-corrected chi connectivity index (χ1v) is 6.18. The summed E-state index contributed by atoms with van der Waals surface area (Å²) in [6, 6.07) is 0. The van der Waals surface area contributed by atoms with E-state index in [9.17, 15) is 4.79 Å². The van der Waals surface area contributed by atoms with Gasteiger partial charge in [-0.05, 0) is 36.7 Å². The first-order chi connectivity index (χ1) is 6.95. The van der Waals surface area contributed by atoms with E-state index in [1.165, 1.54) is 18.4 Å². The molecule has 15 heavy (non-hydrogen) atoms. The fourth-order valence-corrected chi connectivity index (χ4v) is 2.47. The lowest BCUT2D eigenvalue weighted by Crippen LogP contribution is -2.26. The van der Waals surface area contributed by atoms with Crippen LogP contribution in [-0.2, 0) is 4.79 Å². The van der Waals surface area contributed by atoms with E-state index >= 15 is 0 Å². The minimum Gasteiger partial charge on any atom is -0.295 e. The summed E-state index contributed by atoms with van der Waals surface area (Å²) < 4.78 is 0. The standard InChI is InChI=1S/C14H24O/c1-5-6-7-11-10-12(15)8-9-13(11)14(2,3)4/h10,13H,5-9H2,1-4H3. The Hall–Kier alpha value is -0.590. The van der Waals surface area contributed by atoms with Crippen LogP contribution in [0.25, 0.3) is 0 Å². The van der Waals surface area contributed by atoms with Crippen LogP contribution in [0, 0.1) is 11.3 Å². The Morgan fingerprint density at radius 3 is 2.60 bits per heavy atom. The highest BCUT2D eigenvalue weighted by molar-refractivity contribution is 5.91. The highest BCUT2D eigenvalue weighted by Crippen LogP contribution is 2.39. The summed E-state index contributed by atoms with van der Waals surface area (Å²) >= 11 is 0. The number of allylic oxidation sites excluding steroid dienone is 2. The van der Waals surface area contributed by atoms with Crippen LogP contribution in [-0.4, -0.2) is 5.78 Å². The third-order valence-corrected chi connectivity index (χ3v) is 3.34. The Morgan fingerprint density at radius 2 is 2.07 bits per heavy atom. The molecule has 0 aliphatic heterocycles. The van der Waals surface area contributed by atoms with Crippen LogP contribution in [0.4, 0.5) is 0 Å². The molecule has 0 fully saturated rings. The van der Waals surface area contributed by atoms with E-state index in [0.717, 1.165) is 19.3 Å². The molecular formula is C14H24O. The monoisotopic (exact) mass is 208 g/mol. The molecule has 1 atom stereocenters. The Balaban J connectivity index is 2.78. The van der Waals surface area contributed by atoms with Gasteiger partial charge in [0, 0.05) is 6.42 Å². The van der Waals surface area contributed by atoms with Crippen molar-refractivity contribution >= 4 is 5.78 Å². The van der Waals surface area contributed by atoms with Gasteiger partial charge >= 0.3 is 0 Å². The fourth-order valence-electron chi connectivity index (χ4n) is 2.47. The number of carbonyl (C=O) groups is 1. The zero-order chi connectivity index (χ0) is 11.5. The zero-order valence-corrected chi connectivity index (χ0v) is 10.6. The molecule has 0 saturated heterocycles. The second-order valence-electron chi connectivity index (χ2n) is 5.75. The van der Waals surface area contributed by atoms with Crippen LogP contribution in [0.15, 0.2) is 11.6 Å². The minimum atomic E-state index is 0.306. The molecule has 0 aromatic rings. The third kappa shape index (κ3) is 3.48. The van der Waals surface area contributed by atoms with Crippen LogP contribution in [0.1, 0.15) is 59.8 Å². The quantitative estimate of drug-likeness (QED) is 0.681. The maximum absolute atomic E-state index is 11.4. The van der Waals surface area contributed by atoms with E-state index in [2.05, 4.69) is 27.7 Å². The van der Waals surface area contributed by atoms with Crippen molar-refractivity contribution in [2.45, 2.75) is 59.8 Å². The van der Waals surface area contributed by atoms with E-state index in [0.29, 0.717) is 17.1 Å². The summed E-state index contributed by atoms with van der Waals surface area (Å²) in [7, 11) is 0. The number of rotatable bonds is 3. The van der Waals surface area contributed by atoms with Gasteiger partial charge in [0.25, 0.3) is 0 Å². The van der Waals surface area contributed by atoms with Gasteiger partial charge < -0.3 is 0 Å². The number of hydrogen-bond acceptors (Lipinski definition) is 1. The summed E-state index contributed by atoms with van der Waals surface area (Å²) in [4.78, 5) is 11.4. The summed E-state index contributed by atoms with van der Waals surface area (Å²) in [5.41, 5.74) is 1.71. The molecule has 0 saturated carbocycles. The summed E-state index contributed by atoms with van der Waals surface area (Å²) in [5.74, 6) is 0.948. The Labute approximate surface area is 93.9 Å². The smallest absolute Gasteiger partial charge is 0.155 e. The second kappa shape index (κ2) is 4.96. The van der Waals surface area contributed by atoms with E-state index < -0.39 is 0 Å². The van der Waals surface area contributed by atoms with Gasteiger partial charge in [0.15, 0.2) is 5.78 Å². The molecule has 86 valence electrons. The molecule has 0 aromatic carbocycles. The van der Waals surface area contributed by atoms with Crippen molar-refractivity contribution in [2.24, 2.45) is 11.3 Å². The largest absolute Gasteiger partial charge is 0.295 e. The summed E-state index contributed by atoms with van der Waals surface area (Å²) in [6.07, 6.45) is 7.27. The molecule has 0 bridgehead atoms. The van der Waals surface area contributed by atoms with Crippen LogP contribution in [0.5, 0.6) is 0 Å². The number of ketones is 1. The van der Waals surface area contributed by atoms with Crippen molar-refractivity contribution in [3.63, 3.8) is 0 Å².